The molecule has 0 spiro atoms. The van der Waals surface area contributed by atoms with Crippen molar-refractivity contribution in [2.45, 2.75) is 6.54 Å². The Morgan fingerprint density at radius 1 is 1.39 bits per heavy atom. The lowest BCUT2D eigenvalue weighted by Gasteiger charge is -2.27. The number of allylic oxidation sites excluding steroid dienone is 1. The highest BCUT2D eigenvalue weighted by atomic mass is 79.9. The quantitative estimate of drug-likeness (QED) is 0.837. The van der Waals surface area contributed by atoms with Crippen molar-refractivity contribution in [3.8, 4) is 5.75 Å². The van der Waals surface area contributed by atoms with Crippen molar-refractivity contribution in [3.63, 3.8) is 0 Å². The van der Waals surface area contributed by atoms with Crippen LogP contribution < -0.4 is 15.9 Å². The lowest BCUT2D eigenvalue weighted by molar-refractivity contribution is 0.298. The van der Waals surface area contributed by atoms with Crippen molar-refractivity contribution >= 4 is 27.5 Å². The van der Waals surface area contributed by atoms with Crippen LogP contribution in [0.3, 0.4) is 0 Å². The molecule has 0 saturated carbocycles. The van der Waals surface area contributed by atoms with E-state index in [0.29, 0.717) is 21.9 Å². The second-order valence-corrected chi connectivity index (χ2v) is 4.99. The smallest absolute Gasteiger partial charge is 0.122 e. The highest BCUT2D eigenvalue weighted by Crippen LogP contribution is 2.23. The van der Waals surface area contributed by atoms with Gasteiger partial charge in [0.15, 0.2) is 0 Å². The normalized spacial score (nSPS) is 15.3. The topological polar surface area (TPSA) is 50.5 Å². The number of nitrogens with one attached hydrogen (secondary N) is 1. The molecule has 1 heterocycles. The number of benzene rings is 1. The summed E-state index contributed by atoms with van der Waals surface area (Å²) in [4.78, 5) is 0. The van der Waals surface area contributed by atoms with Gasteiger partial charge in [-0.2, -0.15) is 0 Å². The third-order valence-corrected chi connectivity index (χ3v) is 3.42. The van der Waals surface area contributed by atoms with Gasteiger partial charge in [-0.3, -0.25) is 10.4 Å². The summed E-state index contributed by atoms with van der Waals surface area (Å²) in [5.74, 6) is 0.837. The van der Waals surface area contributed by atoms with Gasteiger partial charge >= 0.3 is 0 Å². The van der Waals surface area contributed by atoms with Crippen LogP contribution >= 0.6 is 27.5 Å². The minimum Gasteiger partial charge on any atom is -0.497 e. The zero-order chi connectivity index (χ0) is 13.1. The second-order valence-electron chi connectivity index (χ2n) is 3.79. The number of nitrogens with two attached hydrogens (primary N) is 1. The maximum atomic E-state index is 6.02. The maximum absolute atomic E-state index is 6.02. The Bertz CT molecular complexity index is 499. The number of methoxy groups -OCH3 is 1. The van der Waals surface area contributed by atoms with Crippen molar-refractivity contribution in [1.29, 1.82) is 0 Å². The van der Waals surface area contributed by atoms with Crippen molar-refractivity contribution in [1.82, 2.24) is 10.4 Å². The van der Waals surface area contributed by atoms with Crippen LogP contribution in [0.15, 0.2) is 45.8 Å². The first-order chi connectivity index (χ1) is 8.60. The van der Waals surface area contributed by atoms with E-state index in [2.05, 4.69) is 21.4 Å². The summed E-state index contributed by atoms with van der Waals surface area (Å²) in [5, 5.41) is 2.36. The van der Waals surface area contributed by atoms with E-state index < -0.39 is 0 Å². The molecule has 2 rings (SSSR count). The van der Waals surface area contributed by atoms with Crippen LogP contribution in [0.25, 0.3) is 0 Å². The Kier molecular flexibility index (Phi) is 4.04. The minimum absolute atomic E-state index is 0.502. The van der Waals surface area contributed by atoms with E-state index in [4.69, 9.17) is 22.1 Å². The Balaban J connectivity index is 2.07. The van der Waals surface area contributed by atoms with Gasteiger partial charge in [-0.15, -0.1) is 0 Å². The molecule has 1 aliphatic rings. The molecule has 0 aromatic heterocycles. The fourth-order valence-electron chi connectivity index (χ4n) is 1.54. The number of hydrazine groups is 1. The Morgan fingerprint density at radius 2 is 2.06 bits per heavy atom. The van der Waals surface area contributed by atoms with Gasteiger partial charge in [-0.25, -0.2) is 0 Å². The molecule has 0 aliphatic carbocycles. The van der Waals surface area contributed by atoms with Gasteiger partial charge in [0.05, 0.1) is 24.4 Å². The van der Waals surface area contributed by atoms with E-state index in [9.17, 15) is 0 Å². The summed E-state index contributed by atoms with van der Waals surface area (Å²) in [6.45, 7) is 0.669. The van der Waals surface area contributed by atoms with Gasteiger partial charge in [-0.05, 0) is 33.6 Å². The van der Waals surface area contributed by atoms with Crippen molar-refractivity contribution in [2.75, 3.05) is 7.11 Å². The van der Waals surface area contributed by atoms with Crippen LogP contribution in [0.1, 0.15) is 5.56 Å². The fraction of sp³-hybridized carbons (Fsp3) is 0.167. The molecular weight excluding hydrogens is 318 g/mol. The van der Waals surface area contributed by atoms with Gasteiger partial charge in [0.25, 0.3) is 0 Å². The highest BCUT2D eigenvalue weighted by molar-refractivity contribution is 9.11. The largest absolute Gasteiger partial charge is 0.497 e. The third-order valence-electron chi connectivity index (χ3n) is 2.52. The molecule has 1 aromatic carbocycles. The first-order valence-electron chi connectivity index (χ1n) is 5.29. The molecule has 0 radical (unpaired) electrons. The van der Waals surface area contributed by atoms with Gasteiger partial charge in [0.1, 0.15) is 10.4 Å². The summed E-state index contributed by atoms with van der Waals surface area (Å²) < 4.78 is 5.78. The van der Waals surface area contributed by atoms with Crippen molar-refractivity contribution in [2.24, 2.45) is 5.73 Å². The number of halogens is 2. The van der Waals surface area contributed by atoms with Crippen LogP contribution in [0, 0.1) is 0 Å². The second kappa shape index (κ2) is 5.54. The van der Waals surface area contributed by atoms with Crippen molar-refractivity contribution < 1.29 is 4.74 Å². The van der Waals surface area contributed by atoms with Crippen LogP contribution in [-0.2, 0) is 6.54 Å². The first kappa shape index (κ1) is 13.1. The van der Waals surface area contributed by atoms with Gasteiger partial charge in [0, 0.05) is 6.20 Å². The lowest BCUT2D eigenvalue weighted by atomic mass is 10.2. The van der Waals surface area contributed by atoms with Gasteiger partial charge in [0.2, 0.25) is 0 Å². The molecule has 0 unspecified atom stereocenters. The molecule has 0 fully saturated rings. The molecule has 0 amide bonds. The Morgan fingerprint density at radius 3 is 2.61 bits per heavy atom. The van der Waals surface area contributed by atoms with E-state index in [1.807, 2.05) is 29.3 Å². The number of hydrogen-bond donors (Lipinski definition) is 2. The van der Waals surface area contributed by atoms with E-state index in [0.717, 1.165) is 11.3 Å². The molecular formula is C12H13BrClN3O. The summed E-state index contributed by atoms with van der Waals surface area (Å²) in [7, 11) is 1.65. The molecule has 0 atom stereocenters. The third kappa shape index (κ3) is 2.91. The molecule has 6 heteroatoms. The maximum Gasteiger partial charge on any atom is 0.122 e. The predicted octanol–water partition coefficient (Wildman–Crippen LogP) is 2.62. The lowest BCUT2D eigenvalue weighted by Crippen LogP contribution is -2.35. The summed E-state index contributed by atoms with van der Waals surface area (Å²) >= 11 is 9.34. The predicted molar refractivity (Wildman–Crippen MR) is 75.7 cm³/mol. The number of nitrogens with zero attached hydrogens (tertiary/aromatic N) is 1. The highest BCUT2D eigenvalue weighted by Gasteiger charge is 2.14. The molecule has 1 aromatic rings. The fourth-order valence-corrected chi connectivity index (χ4v) is 2.31. The van der Waals surface area contributed by atoms with E-state index in [1.165, 1.54) is 0 Å². The molecule has 18 heavy (non-hydrogen) atoms. The van der Waals surface area contributed by atoms with Crippen molar-refractivity contribution in [3.05, 3.63) is 51.4 Å². The van der Waals surface area contributed by atoms with Gasteiger partial charge in [-0.1, -0.05) is 23.7 Å². The Hall–Kier alpha value is -1.33. The van der Waals surface area contributed by atoms with Crippen LogP contribution in [0.5, 0.6) is 5.75 Å². The van der Waals surface area contributed by atoms with E-state index in [1.54, 1.807) is 13.3 Å². The zero-order valence-electron chi connectivity index (χ0n) is 9.78. The number of hydrogen-bond acceptors (Lipinski definition) is 4. The molecule has 1 aliphatic heterocycles. The first-order valence-corrected chi connectivity index (χ1v) is 6.46. The summed E-state index contributed by atoms with van der Waals surface area (Å²) in [6, 6.07) is 7.84. The average molecular weight is 331 g/mol. The monoisotopic (exact) mass is 329 g/mol. The molecule has 0 bridgehead atoms. The Labute approximate surface area is 119 Å². The van der Waals surface area contributed by atoms with Gasteiger partial charge < -0.3 is 10.5 Å². The minimum atomic E-state index is 0.502. The number of rotatable bonds is 3. The summed E-state index contributed by atoms with van der Waals surface area (Å²) in [5.41, 5.74) is 10.5. The summed E-state index contributed by atoms with van der Waals surface area (Å²) in [6.07, 6.45) is 1.76. The van der Waals surface area contributed by atoms with Crippen LogP contribution in [-0.4, -0.2) is 12.1 Å². The molecule has 4 nitrogen and oxygen atoms in total. The molecule has 0 saturated heterocycles. The average Bonchev–Trinajstić information content (AvgIpc) is 2.37. The molecule has 3 N–H and O–H groups in total. The molecule has 96 valence electrons. The standard InChI is InChI=1S/C12H13BrClN3O/c1-18-9-4-2-8(3-5-9)6-17-7-10(14)11(15)12(13)16-17/h2-5,7,16H,6,15H2,1H3. The van der Waals surface area contributed by atoms with Crippen LogP contribution in [0.4, 0.5) is 0 Å². The SMILES string of the molecule is COc1ccc(CN2C=C(Cl)C(N)=C(Br)N2)cc1. The van der Waals surface area contributed by atoms with Crippen LogP contribution in [0.2, 0.25) is 0 Å². The zero-order valence-corrected chi connectivity index (χ0v) is 12.1. The number of ether oxygens (including phenoxy) is 1. The van der Waals surface area contributed by atoms with E-state index >= 15 is 0 Å². The van der Waals surface area contributed by atoms with E-state index in [-0.39, 0.29) is 0 Å².